The summed E-state index contributed by atoms with van der Waals surface area (Å²) in [6, 6.07) is 20.3. The predicted molar refractivity (Wildman–Crippen MR) is 174 cm³/mol. The first-order chi connectivity index (χ1) is 20.7. The van der Waals surface area contributed by atoms with Crippen LogP contribution < -0.4 is 0 Å². The van der Waals surface area contributed by atoms with Gasteiger partial charge in [-0.05, 0) is 55.3 Å². The molecule has 1 fully saturated rings. The molecule has 2 heterocycles. The Hall–Kier alpha value is -2.75. The maximum Gasteiger partial charge on any atom is 0.254 e. The van der Waals surface area contributed by atoms with Crippen molar-refractivity contribution in [1.82, 2.24) is 24.6 Å². The van der Waals surface area contributed by atoms with E-state index < -0.39 is 0 Å². The fraction of sp³-hybridized carbons (Fsp3) is 0.290. The Morgan fingerprint density at radius 1 is 0.884 bits per heavy atom. The molecule has 0 N–H and O–H groups in total. The highest BCUT2D eigenvalue weighted by atomic mass is 35.5. The minimum Gasteiger partial charge on any atom is -0.339 e. The maximum atomic E-state index is 13.1. The van der Waals surface area contributed by atoms with E-state index >= 15 is 0 Å². The van der Waals surface area contributed by atoms with Crippen LogP contribution in [0.2, 0.25) is 20.1 Å². The van der Waals surface area contributed by atoms with E-state index in [2.05, 4.69) is 22.3 Å². The molecule has 12 heteroatoms. The number of thioether (sulfide) groups is 1. The summed E-state index contributed by atoms with van der Waals surface area (Å²) in [5.41, 5.74) is 2.43. The first-order valence-electron chi connectivity index (χ1n) is 13.8. The molecule has 1 atom stereocenters. The molecule has 3 aromatic carbocycles. The minimum absolute atomic E-state index is 0.0739. The second-order valence-corrected chi connectivity index (χ2v) is 13.0. The highest BCUT2D eigenvalue weighted by Gasteiger charge is 2.30. The highest BCUT2D eigenvalue weighted by molar-refractivity contribution is 7.99. The zero-order valence-corrected chi connectivity index (χ0v) is 27.2. The van der Waals surface area contributed by atoms with Gasteiger partial charge in [0.05, 0.1) is 25.8 Å². The number of halogens is 4. The van der Waals surface area contributed by atoms with Crippen LogP contribution in [0.25, 0.3) is 5.69 Å². The molecule has 0 spiro atoms. The number of benzene rings is 3. The van der Waals surface area contributed by atoms with Crippen LogP contribution in [-0.2, 0) is 11.2 Å². The molecular weight excluding hydrogens is 648 g/mol. The average molecular weight is 677 g/mol. The summed E-state index contributed by atoms with van der Waals surface area (Å²) in [5, 5.41) is 11.3. The highest BCUT2D eigenvalue weighted by Crippen LogP contribution is 2.30. The Balaban J connectivity index is 1.18. The van der Waals surface area contributed by atoms with Crippen molar-refractivity contribution in [3.8, 4) is 5.69 Å². The van der Waals surface area contributed by atoms with Gasteiger partial charge in [0, 0.05) is 49.8 Å². The summed E-state index contributed by atoms with van der Waals surface area (Å²) in [6.07, 6.45) is 1.67. The van der Waals surface area contributed by atoms with Crippen LogP contribution in [-0.4, -0.2) is 67.8 Å². The summed E-state index contributed by atoms with van der Waals surface area (Å²) in [5.74, 6) is 1.42. The van der Waals surface area contributed by atoms with Crippen molar-refractivity contribution < 1.29 is 9.59 Å². The van der Waals surface area contributed by atoms with Gasteiger partial charge in [-0.3, -0.25) is 14.2 Å². The standard InChI is InChI=1S/C31H29Cl4N5O2S/c1-20-19-38(13-14-39(20)30(42)22-9-11-24(32)26(34)17-22)29(41)8-5-15-43-31-37-36-28(16-21-6-3-2-4-7-21)40(31)23-10-12-25(33)27(35)18-23/h2-4,6-7,9-12,17-18,20H,5,8,13-16,19H2,1H3. The number of piperazine rings is 1. The van der Waals surface area contributed by atoms with Crippen molar-refractivity contribution in [3.63, 3.8) is 0 Å². The van der Waals surface area contributed by atoms with Crippen molar-refractivity contribution in [2.24, 2.45) is 0 Å². The van der Waals surface area contributed by atoms with Crippen molar-refractivity contribution in [1.29, 1.82) is 0 Å². The molecule has 0 radical (unpaired) electrons. The van der Waals surface area contributed by atoms with E-state index in [4.69, 9.17) is 46.4 Å². The predicted octanol–water partition coefficient (Wildman–Crippen LogP) is 7.72. The lowest BCUT2D eigenvalue weighted by molar-refractivity contribution is -0.133. The molecule has 1 aromatic heterocycles. The van der Waals surface area contributed by atoms with Gasteiger partial charge in [-0.15, -0.1) is 10.2 Å². The molecule has 1 saturated heterocycles. The third-order valence-corrected chi connectivity index (χ3v) is 9.73. The number of carbonyl (C=O) groups excluding carboxylic acids is 2. The van der Waals surface area contributed by atoms with Crippen LogP contribution in [0.4, 0.5) is 0 Å². The zero-order valence-electron chi connectivity index (χ0n) is 23.4. The largest absolute Gasteiger partial charge is 0.339 e. The van der Waals surface area contributed by atoms with Crippen LogP contribution in [0.15, 0.2) is 71.9 Å². The van der Waals surface area contributed by atoms with E-state index in [1.165, 1.54) is 0 Å². The number of rotatable bonds is 9. The van der Waals surface area contributed by atoms with Gasteiger partial charge in [0.2, 0.25) is 5.91 Å². The van der Waals surface area contributed by atoms with Crippen molar-refractivity contribution >= 4 is 70.0 Å². The molecule has 4 aromatic rings. The third-order valence-electron chi connectivity index (χ3n) is 7.24. The lowest BCUT2D eigenvalue weighted by atomic mass is 10.1. The lowest BCUT2D eigenvalue weighted by Crippen LogP contribution is -2.55. The van der Waals surface area contributed by atoms with Crippen molar-refractivity contribution in [3.05, 3.63) is 104 Å². The number of hydrogen-bond donors (Lipinski definition) is 0. The molecule has 1 unspecified atom stereocenters. The van der Waals surface area contributed by atoms with Gasteiger partial charge >= 0.3 is 0 Å². The van der Waals surface area contributed by atoms with Crippen LogP contribution in [0.3, 0.4) is 0 Å². The Kier molecular flexibility index (Phi) is 10.6. The average Bonchev–Trinajstić information content (AvgIpc) is 3.40. The number of hydrogen-bond acceptors (Lipinski definition) is 5. The number of carbonyl (C=O) groups is 2. The fourth-order valence-electron chi connectivity index (χ4n) is 5.00. The number of aromatic nitrogens is 3. The smallest absolute Gasteiger partial charge is 0.254 e. The number of amides is 2. The minimum atomic E-state index is -0.123. The van der Waals surface area contributed by atoms with E-state index in [1.807, 2.05) is 46.7 Å². The summed E-state index contributed by atoms with van der Waals surface area (Å²) < 4.78 is 1.99. The molecule has 43 heavy (non-hydrogen) atoms. The topological polar surface area (TPSA) is 71.3 Å². The molecular formula is C31H29Cl4N5O2S. The molecule has 0 bridgehead atoms. The van der Waals surface area contributed by atoms with E-state index in [9.17, 15) is 9.59 Å². The Labute approximate surface area is 275 Å². The Morgan fingerprint density at radius 2 is 1.60 bits per heavy atom. The van der Waals surface area contributed by atoms with Gasteiger partial charge in [-0.25, -0.2) is 0 Å². The maximum absolute atomic E-state index is 13.1. The Morgan fingerprint density at radius 3 is 2.30 bits per heavy atom. The molecule has 1 aliphatic rings. The normalized spacial score (nSPS) is 15.1. The molecule has 1 aliphatic heterocycles. The van der Waals surface area contributed by atoms with Gasteiger partial charge < -0.3 is 9.80 Å². The quantitative estimate of drug-likeness (QED) is 0.134. The number of nitrogens with zero attached hydrogens (tertiary/aromatic N) is 5. The van der Waals surface area contributed by atoms with E-state index in [0.29, 0.717) is 70.3 Å². The Bertz CT molecular complexity index is 1620. The second-order valence-electron chi connectivity index (χ2n) is 10.3. The fourth-order valence-corrected chi connectivity index (χ4v) is 6.50. The lowest BCUT2D eigenvalue weighted by Gasteiger charge is -2.40. The second kappa shape index (κ2) is 14.4. The van der Waals surface area contributed by atoms with E-state index in [0.717, 1.165) is 22.2 Å². The van der Waals surface area contributed by atoms with Gasteiger partial charge in [-0.2, -0.15) is 0 Å². The van der Waals surface area contributed by atoms with Crippen LogP contribution >= 0.6 is 58.2 Å². The summed E-state index contributed by atoms with van der Waals surface area (Å²) >= 11 is 26.2. The molecule has 7 nitrogen and oxygen atoms in total. The first kappa shape index (κ1) is 31.7. The summed E-state index contributed by atoms with van der Waals surface area (Å²) in [6.45, 7) is 3.37. The van der Waals surface area contributed by atoms with Crippen LogP contribution in [0.1, 0.15) is 41.5 Å². The monoisotopic (exact) mass is 675 g/mol. The van der Waals surface area contributed by atoms with Gasteiger partial charge in [0.15, 0.2) is 5.16 Å². The third kappa shape index (κ3) is 7.67. The molecule has 2 amide bonds. The van der Waals surface area contributed by atoms with E-state index in [1.54, 1.807) is 40.9 Å². The zero-order chi connectivity index (χ0) is 30.5. The first-order valence-corrected chi connectivity index (χ1v) is 16.3. The van der Waals surface area contributed by atoms with Gasteiger partial charge in [0.1, 0.15) is 5.82 Å². The van der Waals surface area contributed by atoms with Crippen LogP contribution in [0, 0.1) is 0 Å². The molecule has 5 rings (SSSR count). The molecule has 224 valence electrons. The van der Waals surface area contributed by atoms with Crippen molar-refractivity contribution in [2.75, 3.05) is 25.4 Å². The SMILES string of the molecule is CC1CN(C(=O)CCCSc2nnc(Cc3ccccc3)n2-c2ccc(Cl)c(Cl)c2)CCN1C(=O)c1ccc(Cl)c(Cl)c1. The molecule has 0 saturated carbocycles. The summed E-state index contributed by atoms with van der Waals surface area (Å²) in [7, 11) is 0. The van der Waals surface area contributed by atoms with Crippen molar-refractivity contribution in [2.45, 2.75) is 37.4 Å². The molecule has 0 aliphatic carbocycles. The van der Waals surface area contributed by atoms with Gasteiger partial charge in [0.25, 0.3) is 5.91 Å². The summed E-state index contributed by atoms with van der Waals surface area (Å²) in [4.78, 5) is 29.7. The van der Waals surface area contributed by atoms with E-state index in [-0.39, 0.29) is 17.9 Å². The van der Waals surface area contributed by atoms with Crippen LogP contribution in [0.5, 0.6) is 0 Å². The van der Waals surface area contributed by atoms with Gasteiger partial charge in [-0.1, -0.05) is 88.5 Å².